The van der Waals surface area contributed by atoms with Crippen LogP contribution in [0.3, 0.4) is 0 Å². The number of anilines is 1. The average molecular weight is 314 g/mol. The molecule has 6 heteroatoms. The zero-order valence-electron chi connectivity index (χ0n) is 13.6. The van der Waals surface area contributed by atoms with E-state index in [9.17, 15) is 4.79 Å². The SMILES string of the molecule is CC(C)(C)NC(N)=NCc1ccc(NC(=O)c2ccco2)cc1. The first-order chi connectivity index (χ1) is 10.8. The second-order valence-electron chi connectivity index (χ2n) is 6.20. The number of nitrogens with two attached hydrogens (primary N) is 1. The van der Waals surface area contributed by atoms with Crippen LogP contribution in [-0.2, 0) is 6.54 Å². The molecule has 6 nitrogen and oxygen atoms in total. The third-order valence-electron chi connectivity index (χ3n) is 2.89. The first kappa shape index (κ1) is 16.6. The van der Waals surface area contributed by atoms with Crippen LogP contribution < -0.4 is 16.4 Å². The van der Waals surface area contributed by atoms with Gasteiger partial charge in [0.15, 0.2) is 11.7 Å². The number of carbonyl (C=O) groups is 1. The van der Waals surface area contributed by atoms with E-state index in [0.717, 1.165) is 5.56 Å². The average Bonchev–Trinajstić information content (AvgIpc) is 2.99. The zero-order chi connectivity index (χ0) is 16.9. The highest BCUT2D eigenvalue weighted by Gasteiger charge is 2.10. The summed E-state index contributed by atoms with van der Waals surface area (Å²) >= 11 is 0. The Hall–Kier alpha value is -2.76. The van der Waals surface area contributed by atoms with Gasteiger partial charge in [0, 0.05) is 11.2 Å². The van der Waals surface area contributed by atoms with Crippen LogP contribution in [0.25, 0.3) is 0 Å². The lowest BCUT2D eigenvalue weighted by Crippen LogP contribution is -2.44. The number of hydrogen-bond acceptors (Lipinski definition) is 3. The number of nitrogens with one attached hydrogen (secondary N) is 2. The van der Waals surface area contributed by atoms with E-state index in [2.05, 4.69) is 15.6 Å². The summed E-state index contributed by atoms with van der Waals surface area (Å²) in [6.07, 6.45) is 1.46. The van der Waals surface area contributed by atoms with Crippen molar-refractivity contribution in [2.75, 3.05) is 5.32 Å². The van der Waals surface area contributed by atoms with Gasteiger partial charge in [0.05, 0.1) is 12.8 Å². The number of amides is 1. The molecule has 1 aromatic heterocycles. The summed E-state index contributed by atoms with van der Waals surface area (Å²) in [6, 6.07) is 10.7. The molecule has 2 aromatic rings. The lowest BCUT2D eigenvalue weighted by atomic mass is 10.1. The molecule has 0 unspecified atom stereocenters. The monoisotopic (exact) mass is 314 g/mol. The van der Waals surface area contributed by atoms with E-state index < -0.39 is 0 Å². The molecule has 1 heterocycles. The van der Waals surface area contributed by atoms with Crippen molar-refractivity contribution in [2.45, 2.75) is 32.9 Å². The summed E-state index contributed by atoms with van der Waals surface area (Å²) in [5, 5.41) is 5.86. The Kier molecular flexibility index (Phi) is 5.05. The van der Waals surface area contributed by atoms with Gasteiger partial charge in [0.25, 0.3) is 5.91 Å². The highest BCUT2D eigenvalue weighted by Crippen LogP contribution is 2.12. The maximum Gasteiger partial charge on any atom is 0.291 e. The molecule has 0 aliphatic heterocycles. The van der Waals surface area contributed by atoms with E-state index in [1.54, 1.807) is 12.1 Å². The highest BCUT2D eigenvalue weighted by molar-refractivity contribution is 6.02. The molecule has 4 N–H and O–H groups in total. The zero-order valence-corrected chi connectivity index (χ0v) is 13.6. The van der Waals surface area contributed by atoms with Crippen molar-refractivity contribution >= 4 is 17.6 Å². The summed E-state index contributed by atoms with van der Waals surface area (Å²) in [6.45, 7) is 6.53. The fourth-order valence-electron chi connectivity index (χ4n) is 1.89. The quantitative estimate of drug-likeness (QED) is 0.597. The molecule has 122 valence electrons. The normalized spacial score (nSPS) is 12.0. The van der Waals surface area contributed by atoms with Crippen LogP contribution in [-0.4, -0.2) is 17.4 Å². The summed E-state index contributed by atoms with van der Waals surface area (Å²) in [5.41, 5.74) is 7.41. The fraction of sp³-hybridized carbons (Fsp3) is 0.294. The van der Waals surface area contributed by atoms with Crippen molar-refractivity contribution in [2.24, 2.45) is 10.7 Å². The molecule has 1 aromatic carbocycles. The number of nitrogens with zero attached hydrogens (tertiary/aromatic N) is 1. The minimum atomic E-state index is -0.278. The van der Waals surface area contributed by atoms with Crippen LogP contribution in [0.15, 0.2) is 52.1 Å². The van der Waals surface area contributed by atoms with Crippen molar-refractivity contribution in [1.82, 2.24) is 5.32 Å². The Bertz CT molecular complexity index is 668. The number of rotatable bonds is 4. The van der Waals surface area contributed by atoms with Crippen LogP contribution in [0.1, 0.15) is 36.9 Å². The van der Waals surface area contributed by atoms with Crippen molar-refractivity contribution in [1.29, 1.82) is 0 Å². The first-order valence-electron chi connectivity index (χ1n) is 7.35. The lowest BCUT2D eigenvalue weighted by Gasteiger charge is -2.20. The second kappa shape index (κ2) is 7.00. The fourth-order valence-corrected chi connectivity index (χ4v) is 1.89. The van der Waals surface area contributed by atoms with Crippen molar-refractivity contribution in [3.05, 3.63) is 54.0 Å². The summed E-state index contributed by atoms with van der Waals surface area (Å²) in [5.74, 6) is 0.409. The smallest absolute Gasteiger partial charge is 0.291 e. The first-order valence-corrected chi connectivity index (χ1v) is 7.35. The molecular weight excluding hydrogens is 292 g/mol. The molecular formula is C17H22N4O2. The van der Waals surface area contributed by atoms with Gasteiger partial charge in [-0.2, -0.15) is 0 Å². The molecule has 0 fully saturated rings. The molecule has 2 rings (SSSR count). The molecule has 23 heavy (non-hydrogen) atoms. The van der Waals surface area contributed by atoms with Gasteiger partial charge in [0.2, 0.25) is 0 Å². The molecule has 0 aliphatic carbocycles. The maximum absolute atomic E-state index is 11.9. The van der Waals surface area contributed by atoms with E-state index in [4.69, 9.17) is 10.2 Å². The van der Waals surface area contributed by atoms with Gasteiger partial charge in [-0.25, -0.2) is 4.99 Å². The number of hydrogen-bond donors (Lipinski definition) is 3. The van der Waals surface area contributed by atoms with Gasteiger partial charge in [-0.3, -0.25) is 4.79 Å². The Labute approximate surface area is 135 Å². The van der Waals surface area contributed by atoms with E-state index in [0.29, 0.717) is 18.2 Å². The van der Waals surface area contributed by atoms with Gasteiger partial charge in [-0.1, -0.05) is 12.1 Å². The van der Waals surface area contributed by atoms with E-state index in [1.807, 2.05) is 45.0 Å². The predicted octanol–water partition coefficient (Wildman–Crippen LogP) is 2.73. The lowest BCUT2D eigenvalue weighted by molar-refractivity contribution is 0.0996. The number of aliphatic imine (C=N–C) groups is 1. The Morgan fingerprint density at radius 3 is 2.48 bits per heavy atom. The minimum Gasteiger partial charge on any atom is -0.459 e. The van der Waals surface area contributed by atoms with E-state index >= 15 is 0 Å². The van der Waals surface area contributed by atoms with Crippen LogP contribution in [0.2, 0.25) is 0 Å². The standard InChI is InChI=1S/C17H22N4O2/c1-17(2,3)21-16(18)19-11-12-6-8-13(9-7-12)20-15(22)14-5-4-10-23-14/h4-10H,11H2,1-3H3,(H,20,22)(H3,18,19,21). The minimum absolute atomic E-state index is 0.117. The molecule has 1 amide bonds. The van der Waals surface area contributed by atoms with Crippen molar-refractivity contribution < 1.29 is 9.21 Å². The Morgan fingerprint density at radius 1 is 1.22 bits per heavy atom. The third kappa shape index (κ3) is 5.50. The summed E-state index contributed by atoms with van der Waals surface area (Å²) in [7, 11) is 0. The predicted molar refractivity (Wildman–Crippen MR) is 91.3 cm³/mol. The molecule has 0 saturated heterocycles. The van der Waals surface area contributed by atoms with E-state index in [1.165, 1.54) is 6.26 Å². The summed E-state index contributed by atoms with van der Waals surface area (Å²) in [4.78, 5) is 16.1. The second-order valence-corrected chi connectivity index (χ2v) is 6.20. The van der Waals surface area contributed by atoms with Crippen LogP contribution in [0.5, 0.6) is 0 Å². The molecule has 0 atom stereocenters. The largest absolute Gasteiger partial charge is 0.459 e. The number of furan rings is 1. The van der Waals surface area contributed by atoms with Crippen LogP contribution in [0, 0.1) is 0 Å². The van der Waals surface area contributed by atoms with Gasteiger partial charge >= 0.3 is 0 Å². The van der Waals surface area contributed by atoms with Crippen molar-refractivity contribution in [3.63, 3.8) is 0 Å². The number of carbonyl (C=O) groups excluding carboxylic acids is 1. The van der Waals surface area contributed by atoms with Gasteiger partial charge in [-0.05, 0) is 50.6 Å². The van der Waals surface area contributed by atoms with Crippen LogP contribution >= 0.6 is 0 Å². The third-order valence-corrected chi connectivity index (χ3v) is 2.89. The Morgan fingerprint density at radius 2 is 1.91 bits per heavy atom. The topological polar surface area (TPSA) is 92.6 Å². The van der Waals surface area contributed by atoms with Gasteiger partial charge in [-0.15, -0.1) is 0 Å². The molecule has 0 bridgehead atoms. The van der Waals surface area contributed by atoms with Crippen molar-refractivity contribution in [3.8, 4) is 0 Å². The van der Waals surface area contributed by atoms with Gasteiger partial charge in [0.1, 0.15) is 0 Å². The maximum atomic E-state index is 11.9. The van der Waals surface area contributed by atoms with Gasteiger partial charge < -0.3 is 20.8 Å². The molecule has 0 aliphatic rings. The summed E-state index contributed by atoms with van der Waals surface area (Å²) < 4.78 is 5.05. The molecule has 0 spiro atoms. The molecule has 0 radical (unpaired) electrons. The molecule has 0 saturated carbocycles. The number of benzene rings is 1. The highest BCUT2D eigenvalue weighted by atomic mass is 16.3. The van der Waals surface area contributed by atoms with Crippen LogP contribution in [0.4, 0.5) is 5.69 Å². The Balaban J connectivity index is 1.92. The van der Waals surface area contributed by atoms with E-state index in [-0.39, 0.29) is 17.2 Å². The number of guanidine groups is 1.